The second-order valence-electron chi connectivity index (χ2n) is 10.7. The van der Waals surface area contributed by atoms with Gasteiger partial charge in [0.1, 0.15) is 23.9 Å². The van der Waals surface area contributed by atoms with Gasteiger partial charge in [-0.1, -0.05) is 53.5 Å². The van der Waals surface area contributed by atoms with Crippen LogP contribution in [0, 0.1) is 0 Å². The highest BCUT2D eigenvalue weighted by Crippen LogP contribution is 2.29. The molecule has 1 heterocycles. The number of ether oxygens (including phenoxy) is 2. The third kappa shape index (κ3) is 9.40. The van der Waals surface area contributed by atoms with Crippen molar-refractivity contribution in [2.75, 3.05) is 39.2 Å². The molecule has 2 amide bonds. The van der Waals surface area contributed by atoms with E-state index in [1.165, 1.54) is 23.1 Å². The van der Waals surface area contributed by atoms with Gasteiger partial charge in [-0.15, -0.1) is 0 Å². The molecule has 0 aliphatic carbocycles. The number of sulfone groups is 1. The Bertz CT molecular complexity index is 1380. The number of nitrogens with zero attached hydrogens (tertiary/aromatic N) is 3. The number of hydrogen-bond donors (Lipinski definition) is 1. The van der Waals surface area contributed by atoms with Crippen LogP contribution in [0.4, 0.5) is 4.79 Å². The largest absolute Gasteiger partial charge is 0.443 e. The fourth-order valence-corrected chi connectivity index (χ4v) is 5.89. The molecule has 10 nitrogen and oxygen atoms in total. The predicted molar refractivity (Wildman–Crippen MR) is 159 cm³/mol. The van der Waals surface area contributed by atoms with Gasteiger partial charge in [-0.25, -0.2) is 13.2 Å². The molecular weight excluding hydrogens is 591 g/mol. The normalized spacial score (nSPS) is 14.5. The number of benzene rings is 2. The van der Waals surface area contributed by atoms with Crippen LogP contribution in [0.2, 0.25) is 10.0 Å². The Morgan fingerprint density at radius 1 is 1.15 bits per heavy atom. The second-order valence-corrected chi connectivity index (χ2v) is 13.5. The number of aliphatic imine (C=N–C) groups is 1. The maximum Gasteiger partial charge on any atom is 0.416 e. The number of likely N-dealkylation sites (N-methyl/N-ethyl adjacent to an activating group) is 1. The lowest BCUT2D eigenvalue weighted by Gasteiger charge is -2.25. The first-order valence-electron chi connectivity index (χ1n) is 13.0. The minimum Gasteiger partial charge on any atom is -0.443 e. The standard InChI is InChI=1S/C28H36Cl2N4O6S/c1-19(32-18-41(37,38)23-8-6-7-22(29)25(23)30)16-39-17-24(35)33(5)15-20-9-11-21(12-10-20)26-31-13-14-34(26)27(36)40-28(2,3)4/h6-12,19,32H,13-18H2,1-5H3. The molecule has 0 aromatic heterocycles. The molecule has 1 N–H and O–H groups in total. The van der Waals surface area contributed by atoms with Gasteiger partial charge in [-0.3, -0.25) is 20.0 Å². The Balaban J connectivity index is 1.44. The maximum absolute atomic E-state index is 12.6. The number of carbonyl (C=O) groups is 2. The van der Waals surface area contributed by atoms with Crippen LogP contribution in [-0.2, 0) is 30.7 Å². The van der Waals surface area contributed by atoms with Crippen LogP contribution >= 0.6 is 23.2 Å². The summed E-state index contributed by atoms with van der Waals surface area (Å²) in [6, 6.07) is 11.6. The summed E-state index contributed by atoms with van der Waals surface area (Å²) in [7, 11) is -2.04. The van der Waals surface area contributed by atoms with Gasteiger partial charge < -0.3 is 14.4 Å². The molecule has 1 aliphatic rings. The molecule has 0 radical (unpaired) electrons. The SMILES string of the molecule is CC(COCC(=O)N(C)Cc1ccc(C2=NCCN2C(=O)OC(C)(C)C)cc1)NCS(=O)(=O)c1cccc(Cl)c1Cl. The van der Waals surface area contributed by atoms with Gasteiger partial charge >= 0.3 is 6.09 Å². The minimum atomic E-state index is -3.71. The van der Waals surface area contributed by atoms with Crippen molar-refractivity contribution in [3.63, 3.8) is 0 Å². The highest BCUT2D eigenvalue weighted by atomic mass is 35.5. The van der Waals surface area contributed by atoms with Crippen LogP contribution < -0.4 is 5.32 Å². The van der Waals surface area contributed by atoms with Crippen LogP contribution in [0.5, 0.6) is 0 Å². The van der Waals surface area contributed by atoms with Gasteiger partial charge in [0.2, 0.25) is 5.91 Å². The van der Waals surface area contributed by atoms with Gasteiger partial charge in [-0.05, 0) is 45.4 Å². The summed E-state index contributed by atoms with van der Waals surface area (Å²) in [5.41, 5.74) is 1.08. The average Bonchev–Trinajstić information content (AvgIpc) is 3.39. The Labute approximate surface area is 251 Å². The molecule has 41 heavy (non-hydrogen) atoms. The van der Waals surface area contributed by atoms with E-state index < -0.39 is 21.5 Å². The molecule has 1 aliphatic heterocycles. The summed E-state index contributed by atoms with van der Waals surface area (Å²) in [5.74, 6) is -0.0191. The van der Waals surface area contributed by atoms with E-state index in [4.69, 9.17) is 32.7 Å². The predicted octanol–water partition coefficient (Wildman–Crippen LogP) is 4.38. The van der Waals surface area contributed by atoms with Crippen molar-refractivity contribution in [3.05, 3.63) is 63.6 Å². The van der Waals surface area contributed by atoms with Crippen LogP contribution in [0.25, 0.3) is 0 Å². The average molecular weight is 628 g/mol. The van der Waals surface area contributed by atoms with Crippen molar-refractivity contribution >= 4 is 50.9 Å². The number of hydrogen-bond acceptors (Lipinski definition) is 8. The van der Waals surface area contributed by atoms with Crippen LogP contribution in [0.1, 0.15) is 38.8 Å². The van der Waals surface area contributed by atoms with E-state index in [0.717, 1.165) is 11.1 Å². The minimum absolute atomic E-state index is 0.0155. The number of amides is 2. The van der Waals surface area contributed by atoms with Crippen LogP contribution in [-0.4, -0.2) is 86.9 Å². The third-order valence-corrected chi connectivity index (χ3v) is 8.47. The van der Waals surface area contributed by atoms with E-state index in [2.05, 4.69) is 10.3 Å². The van der Waals surface area contributed by atoms with Crippen molar-refractivity contribution in [1.82, 2.24) is 15.1 Å². The molecule has 0 fully saturated rings. The van der Waals surface area contributed by atoms with Crippen molar-refractivity contribution < 1.29 is 27.5 Å². The molecule has 13 heteroatoms. The smallest absolute Gasteiger partial charge is 0.416 e. The van der Waals surface area contributed by atoms with Crippen molar-refractivity contribution in [2.45, 2.75) is 50.8 Å². The number of halogens is 2. The molecule has 3 rings (SSSR count). The van der Waals surface area contributed by atoms with Gasteiger partial charge in [0.15, 0.2) is 9.84 Å². The topological polar surface area (TPSA) is 118 Å². The van der Waals surface area contributed by atoms with Gasteiger partial charge in [-0.2, -0.15) is 0 Å². The Morgan fingerprint density at radius 2 is 1.83 bits per heavy atom. The van der Waals surface area contributed by atoms with Crippen LogP contribution in [0.15, 0.2) is 52.4 Å². The van der Waals surface area contributed by atoms with E-state index in [0.29, 0.717) is 25.5 Å². The zero-order valence-corrected chi connectivity index (χ0v) is 26.1. The van der Waals surface area contributed by atoms with E-state index in [1.54, 1.807) is 18.9 Å². The van der Waals surface area contributed by atoms with Gasteiger partial charge in [0, 0.05) is 25.2 Å². The molecule has 0 saturated heterocycles. The van der Waals surface area contributed by atoms with Gasteiger partial charge in [0.05, 0.1) is 34.6 Å². The number of rotatable bonds is 11. The number of nitrogens with one attached hydrogen (secondary N) is 1. The summed E-state index contributed by atoms with van der Waals surface area (Å²) < 4.78 is 36.2. The highest BCUT2D eigenvalue weighted by Gasteiger charge is 2.29. The second kappa shape index (κ2) is 14.0. The summed E-state index contributed by atoms with van der Waals surface area (Å²) in [5, 5.41) is 3.03. The van der Waals surface area contributed by atoms with Crippen molar-refractivity contribution in [3.8, 4) is 0 Å². The first kappa shape index (κ1) is 32.8. The molecule has 2 aromatic carbocycles. The first-order chi connectivity index (χ1) is 19.2. The summed E-state index contributed by atoms with van der Waals surface area (Å²) in [6.45, 7) is 8.51. The molecule has 1 atom stereocenters. The zero-order valence-electron chi connectivity index (χ0n) is 23.8. The van der Waals surface area contributed by atoms with E-state index in [9.17, 15) is 18.0 Å². The quantitative estimate of drug-likeness (QED) is 0.393. The van der Waals surface area contributed by atoms with E-state index in [1.807, 2.05) is 45.0 Å². The number of carbonyl (C=O) groups excluding carboxylic acids is 2. The molecule has 224 valence electrons. The lowest BCUT2D eigenvalue weighted by atomic mass is 10.1. The molecule has 0 spiro atoms. The third-order valence-electron chi connectivity index (χ3n) is 5.98. The van der Waals surface area contributed by atoms with E-state index >= 15 is 0 Å². The van der Waals surface area contributed by atoms with Crippen molar-refractivity contribution in [1.29, 1.82) is 0 Å². The highest BCUT2D eigenvalue weighted by molar-refractivity contribution is 7.91. The Hall–Kier alpha value is -2.70. The summed E-state index contributed by atoms with van der Waals surface area (Å²) >= 11 is 12.0. The Kier molecular flexibility index (Phi) is 11.2. The fraction of sp³-hybridized carbons (Fsp3) is 0.464. The van der Waals surface area contributed by atoms with Gasteiger partial charge in [0.25, 0.3) is 0 Å². The maximum atomic E-state index is 12.6. The molecule has 1 unspecified atom stereocenters. The lowest BCUT2D eigenvalue weighted by molar-refractivity contribution is -0.135. The lowest BCUT2D eigenvalue weighted by Crippen LogP contribution is -2.39. The monoisotopic (exact) mass is 626 g/mol. The fourth-order valence-electron chi connectivity index (χ4n) is 3.86. The molecular formula is C28H36Cl2N4O6S. The number of amidine groups is 1. The molecule has 2 aromatic rings. The first-order valence-corrected chi connectivity index (χ1v) is 15.4. The molecule has 0 bridgehead atoms. The van der Waals surface area contributed by atoms with Crippen LogP contribution in [0.3, 0.4) is 0 Å². The zero-order chi connectivity index (χ0) is 30.4. The Morgan fingerprint density at radius 3 is 2.49 bits per heavy atom. The summed E-state index contributed by atoms with van der Waals surface area (Å²) in [6.07, 6.45) is -0.431. The molecule has 0 saturated carbocycles. The summed E-state index contributed by atoms with van der Waals surface area (Å²) in [4.78, 5) is 32.6. The van der Waals surface area contributed by atoms with Crippen molar-refractivity contribution in [2.24, 2.45) is 4.99 Å². The van der Waals surface area contributed by atoms with E-state index in [-0.39, 0.29) is 46.0 Å².